The van der Waals surface area contributed by atoms with Crippen molar-refractivity contribution in [3.8, 4) is 5.75 Å². The Balaban J connectivity index is 2.11. The Morgan fingerprint density at radius 3 is 2.89 bits per heavy atom. The molecular formula is C14H18INO3. The molecule has 1 aromatic carbocycles. The monoisotopic (exact) mass is 375 g/mol. The lowest BCUT2D eigenvalue weighted by Crippen LogP contribution is -2.32. The molecule has 0 aliphatic carbocycles. The highest BCUT2D eigenvalue weighted by atomic mass is 127. The zero-order chi connectivity index (χ0) is 13.8. The van der Waals surface area contributed by atoms with Crippen molar-refractivity contribution in [1.82, 2.24) is 4.90 Å². The summed E-state index contributed by atoms with van der Waals surface area (Å²) in [5.74, 6) is 0.839. The molecule has 1 unspecified atom stereocenters. The van der Waals surface area contributed by atoms with Crippen molar-refractivity contribution >= 4 is 28.9 Å². The zero-order valence-electron chi connectivity index (χ0n) is 11.2. The first-order valence-corrected chi connectivity index (χ1v) is 7.35. The first-order valence-electron chi connectivity index (χ1n) is 6.47. The van der Waals surface area contributed by atoms with Crippen LogP contribution in [-0.2, 0) is 9.61 Å². The van der Waals surface area contributed by atoms with Crippen LogP contribution < -0.4 is 4.74 Å². The van der Waals surface area contributed by atoms with Crippen LogP contribution in [0.2, 0.25) is 0 Å². The van der Waals surface area contributed by atoms with Gasteiger partial charge in [0.2, 0.25) is 0 Å². The van der Waals surface area contributed by atoms with Crippen molar-refractivity contribution < 1.29 is 12.6 Å². The van der Waals surface area contributed by atoms with Crippen LogP contribution in [0.4, 0.5) is 0 Å². The third-order valence-electron chi connectivity index (χ3n) is 3.47. The summed E-state index contributed by atoms with van der Waals surface area (Å²) in [5.41, 5.74) is 1.86. The smallest absolute Gasteiger partial charge is 0.254 e. The second kappa shape index (κ2) is 6.56. The summed E-state index contributed by atoms with van der Waals surface area (Å²) in [4.78, 5) is 14.2. The summed E-state index contributed by atoms with van der Waals surface area (Å²) in [5, 5.41) is 0. The predicted molar refractivity (Wildman–Crippen MR) is 81.5 cm³/mol. The standard InChI is InChI=1S/C14H18INO3/c1-3-10(2)16-9-11-4-5-12(18-6-7-19-15)8-13(11)14(16)17/h4-5,8,10H,3,6-7,9H2,1-2H3. The van der Waals surface area contributed by atoms with Crippen LogP contribution in [-0.4, -0.2) is 30.1 Å². The van der Waals surface area contributed by atoms with E-state index in [9.17, 15) is 4.79 Å². The number of hydrogen-bond acceptors (Lipinski definition) is 3. The van der Waals surface area contributed by atoms with Gasteiger partial charge in [0, 0.05) is 18.2 Å². The fourth-order valence-corrected chi connectivity index (χ4v) is 2.34. The van der Waals surface area contributed by atoms with Gasteiger partial charge in [0.05, 0.1) is 6.61 Å². The third kappa shape index (κ3) is 3.20. The van der Waals surface area contributed by atoms with Gasteiger partial charge in [-0.2, -0.15) is 0 Å². The van der Waals surface area contributed by atoms with Crippen LogP contribution in [0.5, 0.6) is 5.75 Å². The molecule has 0 fully saturated rings. The first kappa shape index (κ1) is 14.6. The minimum absolute atomic E-state index is 0.111. The Morgan fingerprint density at radius 1 is 1.42 bits per heavy atom. The maximum atomic E-state index is 12.3. The number of nitrogens with zero attached hydrogens (tertiary/aromatic N) is 1. The number of rotatable bonds is 6. The normalized spacial score (nSPS) is 15.5. The molecule has 19 heavy (non-hydrogen) atoms. The Bertz CT molecular complexity index is 464. The Kier molecular flexibility index (Phi) is 5.04. The van der Waals surface area contributed by atoms with E-state index in [1.54, 1.807) is 0 Å². The van der Waals surface area contributed by atoms with Gasteiger partial charge < -0.3 is 12.7 Å². The van der Waals surface area contributed by atoms with Gasteiger partial charge in [0.15, 0.2) is 0 Å². The molecule has 0 saturated carbocycles. The molecule has 0 radical (unpaired) electrons. The van der Waals surface area contributed by atoms with E-state index in [4.69, 9.17) is 7.80 Å². The van der Waals surface area contributed by atoms with Crippen LogP contribution in [0.1, 0.15) is 36.2 Å². The molecular weight excluding hydrogens is 357 g/mol. The molecule has 0 aromatic heterocycles. The van der Waals surface area contributed by atoms with E-state index in [2.05, 4.69) is 13.8 Å². The predicted octanol–water partition coefficient (Wildman–Crippen LogP) is 3.19. The Hall–Kier alpha value is -0.820. The van der Waals surface area contributed by atoms with Crippen LogP contribution in [0, 0.1) is 0 Å². The second-order valence-corrected chi connectivity index (χ2v) is 5.29. The third-order valence-corrected chi connectivity index (χ3v) is 3.91. The summed E-state index contributed by atoms with van der Waals surface area (Å²) in [6.45, 7) is 5.91. The molecule has 1 heterocycles. The number of hydrogen-bond donors (Lipinski definition) is 0. The molecule has 5 heteroatoms. The van der Waals surface area contributed by atoms with E-state index < -0.39 is 0 Å². The minimum atomic E-state index is 0.111. The number of benzene rings is 1. The molecule has 0 saturated heterocycles. The van der Waals surface area contributed by atoms with Crippen molar-refractivity contribution in [2.45, 2.75) is 32.9 Å². The molecule has 0 spiro atoms. The number of amides is 1. The summed E-state index contributed by atoms with van der Waals surface area (Å²) >= 11 is 1.84. The fraction of sp³-hybridized carbons (Fsp3) is 0.500. The summed E-state index contributed by atoms with van der Waals surface area (Å²) in [6.07, 6.45) is 0.968. The number of halogens is 1. The number of ether oxygens (including phenoxy) is 1. The lowest BCUT2D eigenvalue weighted by atomic mass is 10.1. The van der Waals surface area contributed by atoms with E-state index in [0.717, 1.165) is 23.3 Å². The lowest BCUT2D eigenvalue weighted by molar-refractivity contribution is 0.0713. The maximum Gasteiger partial charge on any atom is 0.254 e. The minimum Gasteiger partial charge on any atom is -0.491 e. The number of carbonyl (C=O) groups excluding carboxylic acids is 1. The molecule has 0 bridgehead atoms. The Morgan fingerprint density at radius 2 is 2.21 bits per heavy atom. The highest BCUT2D eigenvalue weighted by Crippen LogP contribution is 2.28. The average molecular weight is 375 g/mol. The van der Waals surface area contributed by atoms with Crippen molar-refractivity contribution in [3.63, 3.8) is 0 Å². The molecule has 1 atom stereocenters. The largest absolute Gasteiger partial charge is 0.491 e. The number of fused-ring (bicyclic) bond motifs is 1. The summed E-state index contributed by atoms with van der Waals surface area (Å²) < 4.78 is 10.5. The van der Waals surface area contributed by atoms with Gasteiger partial charge in [-0.1, -0.05) is 13.0 Å². The van der Waals surface area contributed by atoms with Gasteiger partial charge >= 0.3 is 0 Å². The Labute approximate surface area is 127 Å². The maximum absolute atomic E-state index is 12.3. The second-order valence-electron chi connectivity index (χ2n) is 4.67. The van der Waals surface area contributed by atoms with Crippen LogP contribution in [0.15, 0.2) is 18.2 Å². The highest BCUT2D eigenvalue weighted by Gasteiger charge is 2.30. The van der Waals surface area contributed by atoms with Gasteiger partial charge in [-0.3, -0.25) is 4.79 Å². The van der Waals surface area contributed by atoms with E-state index >= 15 is 0 Å². The zero-order valence-corrected chi connectivity index (χ0v) is 13.3. The van der Waals surface area contributed by atoms with Gasteiger partial charge in [0.1, 0.15) is 35.4 Å². The summed E-state index contributed by atoms with van der Waals surface area (Å²) in [6, 6.07) is 6.01. The molecule has 104 valence electrons. The molecule has 1 aliphatic heterocycles. The van der Waals surface area contributed by atoms with Gasteiger partial charge in [-0.05, 0) is 31.0 Å². The molecule has 1 aromatic rings. The fourth-order valence-electron chi connectivity index (χ4n) is 2.16. The molecule has 4 nitrogen and oxygen atoms in total. The SMILES string of the molecule is CCC(C)N1Cc2ccc(OCCOI)cc2C1=O. The van der Waals surface area contributed by atoms with Crippen LogP contribution in [0.25, 0.3) is 0 Å². The van der Waals surface area contributed by atoms with E-state index in [0.29, 0.717) is 19.8 Å². The number of carbonyl (C=O) groups is 1. The molecule has 1 amide bonds. The van der Waals surface area contributed by atoms with Crippen molar-refractivity contribution in [3.05, 3.63) is 29.3 Å². The van der Waals surface area contributed by atoms with E-state index in [-0.39, 0.29) is 11.9 Å². The van der Waals surface area contributed by atoms with E-state index in [1.165, 1.54) is 0 Å². The topological polar surface area (TPSA) is 38.8 Å². The van der Waals surface area contributed by atoms with E-state index in [1.807, 2.05) is 46.1 Å². The molecule has 0 N–H and O–H groups in total. The van der Waals surface area contributed by atoms with Crippen LogP contribution in [0.3, 0.4) is 0 Å². The van der Waals surface area contributed by atoms with Crippen LogP contribution >= 0.6 is 23.0 Å². The van der Waals surface area contributed by atoms with Gasteiger partial charge in [0.25, 0.3) is 5.91 Å². The van der Waals surface area contributed by atoms with Crippen molar-refractivity contribution in [1.29, 1.82) is 0 Å². The first-order chi connectivity index (χ1) is 9.17. The quantitative estimate of drug-likeness (QED) is 0.566. The van der Waals surface area contributed by atoms with Gasteiger partial charge in [-0.25, -0.2) is 0 Å². The van der Waals surface area contributed by atoms with Crippen molar-refractivity contribution in [2.24, 2.45) is 0 Å². The van der Waals surface area contributed by atoms with Gasteiger partial charge in [-0.15, -0.1) is 0 Å². The lowest BCUT2D eigenvalue weighted by Gasteiger charge is -2.22. The molecule has 1 aliphatic rings. The average Bonchev–Trinajstić information content (AvgIpc) is 2.76. The highest BCUT2D eigenvalue weighted by molar-refractivity contribution is 14.1. The summed E-state index contributed by atoms with van der Waals surface area (Å²) in [7, 11) is 0. The van der Waals surface area contributed by atoms with Crippen molar-refractivity contribution in [2.75, 3.05) is 13.2 Å². The molecule has 2 rings (SSSR count).